The summed E-state index contributed by atoms with van der Waals surface area (Å²) in [6.45, 7) is 0.589. The lowest BCUT2D eigenvalue weighted by Crippen LogP contribution is -2.26. The summed E-state index contributed by atoms with van der Waals surface area (Å²) in [5.74, 6) is 0.384. The summed E-state index contributed by atoms with van der Waals surface area (Å²) in [7, 11) is 0. The molecule has 8 nitrogen and oxygen atoms in total. The van der Waals surface area contributed by atoms with Crippen molar-refractivity contribution >= 4 is 5.91 Å². The van der Waals surface area contributed by atoms with Crippen LogP contribution < -0.4 is 14.8 Å². The monoisotopic (exact) mass is 370 g/mol. The van der Waals surface area contributed by atoms with E-state index >= 15 is 0 Å². The van der Waals surface area contributed by atoms with Crippen LogP contribution >= 0.6 is 0 Å². The molecule has 1 aromatic carbocycles. The van der Waals surface area contributed by atoms with Crippen molar-refractivity contribution in [3.63, 3.8) is 0 Å². The number of carbonyl (C=O) groups excluding carboxylic acids is 1. The van der Waals surface area contributed by atoms with Gasteiger partial charge >= 0.3 is 0 Å². The Morgan fingerprint density at radius 3 is 2.89 bits per heavy atom. The van der Waals surface area contributed by atoms with Crippen molar-refractivity contribution in [3.8, 4) is 23.2 Å². The van der Waals surface area contributed by atoms with Gasteiger partial charge in [-0.25, -0.2) is 9.37 Å². The van der Waals surface area contributed by atoms with Crippen molar-refractivity contribution in [1.82, 2.24) is 20.1 Å². The quantitative estimate of drug-likeness (QED) is 0.711. The molecule has 1 amide bonds. The molecule has 3 aromatic rings. The van der Waals surface area contributed by atoms with Crippen LogP contribution in [0.2, 0.25) is 0 Å². The summed E-state index contributed by atoms with van der Waals surface area (Å²) >= 11 is 0. The van der Waals surface area contributed by atoms with Gasteiger partial charge in [-0.2, -0.15) is 9.78 Å². The van der Waals surface area contributed by atoms with Crippen molar-refractivity contribution in [2.75, 3.05) is 13.3 Å². The fraction of sp³-hybridized carbons (Fsp3) is 0.167. The minimum absolute atomic E-state index is 0.0318. The van der Waals surface area contributed by atoms with E-state index in [0.717, 1.165) is 16.4 Å². The number of halogens is 1. The highest BCUT2D eigenvalue weighted by Gasteiger charge is 2.16. The van der Waals surface area contributed by atoms with Crippen LogP contribution in [0.15, 0.2) is 42.6 Å². The lowest BCUT2D eigenvalue weighted by Gasteiger charge is -2.05. The van der Waals surface area contributed by atoms with Crippen molar-refractivity contribution < 1.29 is 23.8 Å². The molecule has 0 bridgehead atoms. The highest BCUT2D eigenvalue weighted by Crippen LogP contribution is 2.32. The first kappa shape index (κ1) is 16.8. The summed E-state index contributed by atoms with van der Waals surface area (Å²) in [6, 6.07) is 9.36. The van der Waals surface area contributed by atoms with E-state index in [1.807, 2.05) is 18.2 Å². The van der Waals surface area contributed by atoms with Gasteiger partial charge in [0.15, 0.2) is 23.0 Å². The smallest absolute Gasteiger partial charge is 0.271 e. The molecule has 0 spiro atoms. The number of amides is 1. The van der Waals surface area contributed by atoms with E-state index in [9.17, 15) is 14.3 Å². The van der Waals surface area contributed by atoms with Gasteiger partial charge in [-0.3, -0.25) is 4.79 Å². The number of carbonyl (C=O) groups is 1. The third kappa shape index (κ3) is 3.52. The van der Waals surface area contributed by atoms with Crippen LogP contribution in [0.3, 0.4) is 0 Å². The second kappa shape index (κ2) is 6.94. The van der Waals surface area contributed by atoms with E-state index in [1.54, 1.807) is 0 Å². The Balaban J connectivity index is 1.38. The van der Waals surface area contributed by atoms with Crippen molar-refractivity contribution in [2.24, 2.45) is 0 Å². The van der Waals surface area contributed by atoms with Crippen LogP contribution in [0, 0.1) is 5.82 Å². The number of rotatable bonds is 5. The molecular formula is C18H15FN4O4. The number of nitrogens with zero attached hydrogens (tertiary/aromatic N) is 3. The molecule has 2 aromatic heterocycles. The minimum atomic E-state index is -0.508. The molecule has 0 saturated heterocycles. The summed E-state index contributed by atoms with van der Waals surface area (Å²) in [6.07, 6.45) is 1.59. The van der Waals surface area contributed by atoms with Crippen LogP contribution in [0.4, 0.5) is 4.39 Å². The van der Waals surface area contributed by atoms with E-state index in [0.29, 0.717) is 24.5 Å². The molecule has 138 valence electrons. The van der Waals surface area contributed by atoms with Gasteiger partial charge in [0, 0.05) is 12.6 Å². The number of hydrogen-bond acceptors (Lipinski definition) is 6. The fourth-order valence-corrected chi connectivity index (χ4v) is 2.65. The SMILES string of the molecule is O=C(NCCc1ccc2c(c1)OCO2)c1cc(O)n(-c2ccc(F)cn2)n1. The third-order valence-corrected chi connectivity index (χ3v) is 3.99. The molecule has 0 atom stereocenters. The molecule has 0 radical (unpaired) electrons. The highest BCUT2D eigenvalue weighted by molar-refractivity contribution is 5.92. The van der Waals surface area contributed by atoms with Gasteiger partial charge < -0.3 is 19.9 Å². The zero-order chi connectivity index (χ0) is 18.8. The Bertz CT molecular complexity index is 988. The molecular weight excluding hydrogens is 355 g/mol. The molecule has 27 heavy (non-hydrogen) atoms. The van der Waals surface area contributed by atoms with Crippen LogP contribution in [0.5, 0.6) is 17.4 Å². The summed E-state index contributed by atoms with van der Waals surface area (Å²) in [5, 5.41) is 16.7. The molecule has 2 N–H and O–H groups in total. The maximum atomic E-state index is 13.0. The van der Waals surface area contributed by atoms with Crippen molar-refractivity contribution in [2.45, 2.75) is 6.42 Å². The maximum absolute atomic E-state index is 13.0. The number of hydrogen-bond donors (Lipinski definition) is 2. The van der Waals surface area contributed by atoms with Crippen LogP contribution in [0.1, 0.15) is 16.1 Å². The molecule has 0 saturated carbocycles. The molecule has 3 heterocycles. The first-order valence-electron chi connectivity index (χ1n) is 8.18. The third-order valence-electron chi connectivity index (χ3n) is 3.99. The van der Waals surface area contributed by atoms with Crippen molar-refractivity contribution in [3.05, 3.63) is 59.7 Å². The lowest BCUT2D eigenvalue weighted by molar-refractivity contribution is 0.0948. The molecule has 4 rings (SSSR count). The zero-order valence-electron chi connectivity index (χ0n) is 14.1. The predicted molar refractivity (Wildman–Crippen MR) is 91.6 cm³/mol. The number of aromatic nitrogens is 3. The van der Waals surface area contributed by atoms with Crippen molar-refractivity contribution in [1.29, 1.82) is 0 Å². The molecule has 9 heteroatoms. The Morgan fingerprint density at radius 2 is 2.07 bits per heavy atom. The molecule has 0 fully saturated rings. The number of benzene rings is 1. The Hall–Kier alpha value is -3.62. The Kier molecular flexibility index (Phi) is 4.33. The Labute approximate surface area is 153 Å². The number of fused-ring (bicyclic) bond motifs is 1. The van der Waals surface area contributed by atoms with Gasteiger partial charge in [-0.1, -0.05) is 6.07 Å². The second-order valence-electron chi connectivity index (χ2n) is 5.83. The lowest BCUT2D eigenvalue weighted by atomic mass is 10.1. The molecule has 0 unspecified atom stereocenters. The predicted octanol–water partition coefficient (Wildman–Crippen LogP) is 1.81. The number of pyridine rings is 1. The van der Waals surface area contributed by atoms with Gasteiger partial charge in [-0.05, 0) is 36.2 Å². The van der Waals surface area contributed by atoms with Crippen LogP contribution in [-0.2, 0) is 6.42 Å². The average molecular weight is 370 g/mol. The maximum Gasteiger partial charge on any atom is 0.271 e. The summed E-state index contributed by atoms with van der Waals surface area (Å²) in [4.78, 5) is 16.1. The van der Waals surface area contributed by atoms with E-state index in [1.165, 1.54) is 18.2 Å². The Morgan fingerprint density at radius 1 is 1.22 bits per heavy atom. The van der Waals surface area contributed by atoms with Crippen LogP contribution in [0.25, 0.3) is 5.82 Å². The fourth-order valence-electron chi connectivity index (χ4n) is 2.65. The number of nitrogens with one attached hydrogen (secondary N) is 1. The average Bonchev–Trinajstić information content (AvgIpc) is 3.28. The first-order valence-corrected chi connectivity index (χ1v) is 8.18. The summed E-state index contributed by atoms with van der Waals surface area (Å²) < 4.78 is 24.6. The van der Waals surface area contributed by atoms with E-state index in [4.69, 9.17) is 9.47 Å². The number of aromatic hydroxyl groups is 1. The van der Waals surface area contributed by atoms with E-state index in [-0.39, 0.29) is 24.2 Å². The van der Waals surface area contributed by atoms with Gasteiger partial charge in [0.2, 0.25) is 12.7 Å². The first-order chi connectivity index (χ1) is 13.1. The normalized spacial score (nSPS) is 12.2. The topological polar surface area (TPSA) is 98.5 Å². The molecule has 1 aliphatic heterocycles. The zero-order valence-corrected chi connectivity index (χ0v) is 14.1. The largest absolute Gasteiger partial charge is 0.493 e. The molecule has 1 aliphatic rings. The summed E-state index contributed by atoms with van der Waals surface area (Å²) in [5.41, 5.74) is 1.02. The van der Waals surface area contributed by atoms with Gasteiger partial charge in [-0.15, -0.1) is 0 Å². The van der Waals surface area contributed by atoms with Gasteiger partial charge in [0.1, 0.15) is 5.82 Å². The van der Waals surface area contributed by atoms with Gasteiger partial charge in [0.05, 0.1) is 6.20 Å². The minimum Gasteiger partial charge on any atom is -0.493 e. The number of ether oxygens (including phenoxy) is 2. The standard InChI is InChI=1S/C18H15FN4O4/c19-12-2-4-16(21-9-12)23-17(24)8-13(22-23)18(25)20-6-5-11-1-3-14-15(7-11)27-10-26-14/h1-4,7-9,24H,5-6,10H2,(H,20,25). The van der Waals surface area contributed by atoms with E-state index < -0.39 is 11.7 Å². The highest BCUT2D eigenvalue weighted by atomic mass is 19.1. The second-order valence-corrected chi connectivity index (χ2v) is 5.83. The molecule has 0 aliphatic carbocycles. The van der Waals surface area contributed by atoms with Crippen LogP contribution in [-0.4, -0.2) is 39.1 Å². The van der Waals surface area contributed by atoms with Gasteiger partial charge in [0.25, 0.3) is 5.91 Å². The van der Waals surface area contributed by atoms with E-state index in [2.05, 4.69) is 15.4 Å².